The Balaban J connectivity index is 2.64. The number of hydrogen-bond acceptors (Lipinski definition) is 7. The molecule has 1 N–H and O–H groups in total. The molecule has 8 heteroatoms. The van der Waals surface area contributed by atoms with Gasteiger partial charge in [0.05, 0.1) is 17.2 Å². The first-order valence-electron chi connectivity index (χ1n) is 7.90. The van der Waals surface area contributed by atoms with Crippen LogP contribution in [-0.4, -0.2) is 54.8 Å². The minimum Gasteiger partial charge on any atom is -0.462 e. The molecular formula is C17H23ClO7. The number of aliphatic hydroxyl groups is 1. The summed E-state index contributed by atoms with van der Waals surface area (Å²) in [7, 11) is 0. The highest BCUT2D eigenvalue weighted by molar-refractivity contribution is 6.18. The third-order valence-corrected chi connectivity index (χ3v) is 4.21. The van der Waals surface area contributed by atoms with Gasteiger partial charge in [0.25, 0.3) is 0 Å². The highest BCUT2D eigenvalue weighted by Crippen LogP contribution is 2.38. The molecule has 0 saturated heterocycles. The van der Waals surface area contributed by atoms with E-state index in [0.717, 1.165) is 6.08 Å². The van der Waals surface area contributed by atoms with Crippen LogP contribution in [0.1, 0.15) is 19.8 Å². The smallest absolute Gasteiger partial charge is 0.330 e. The number of ether oxygens (including phenoxy) is 3. The van der Waals surface area contributed by atoms with Crippen molar-refractivity contribution in [1.29, 1.82) is 0 Å². The summed E-state index contributed by atoms with van der Waals surface area (Å²) in [6.45, 7) is 4.38. The number of alkyl halides is 1. The number of carbonyl (C=O) groups excluding carboxylic acids is 3. The molecule has 0 aliphatic heterocycles. The van der Waals surface area contributed by atoms with Gasteiger partial charge in [-0.25, -0.2) is 4.79 Å². The summed E-state index contributed by atoms with van der Waals surface area (Å²) in [6, 6.07) is 0. The zero-order chi connectivity index (χ0) is 18.9. The summed E-state index contributed by atoms with van der Waals surface area (Å²) in [5.74, 6) is -2.60. The lowest BCUT2D eigenvalue weighted by atomic mass is 9.71. The largest absolute Gasteiger partial charge is 0.462 e. The van der Waals surface area contributed by atoms with Crippen molar-refractivity contribution < 1.29 is 33.7 Å². The molecular weight excluding hydrogens is 352 g/mol. The van der Waals surface area contributed by atoms with Gasteiger partial charge >= 0.3 is 17.9 Å². The standard InChI is InChI=1S/C17H23ClO7/c1-3-14(20)23-8-9-24-15(21)13-6-4-5-7-17(13,2)16(22)25-11-12(19)10-18/h3,5,7,12-13,19H,1,4,6,8-11H2,2H3. The second kappa shape index (κ2) is 10.2. The maximum Gasteiger partial charge on any atom is 0.330 e. The van der Waals surface area contributed by atoms with Crippen LogP contribution < -0.4 is 0 Å². The van der Waals surface area contributed by atoms with Gasteiger partial charge in [-0.05, 0) is 19.8 Å². The molecule has 3 atom stereocenters. The molecule has 0 aromatic carbocycles. The summed E-state index contributed by atoms with van der Waals surface area (Å²) >= 11 is 5.47. The van der Waals surface area contributed by atoms with Crippen LogP contribution in [0.4, 0.5) is 0 Å². The van der Waals surface area contributed by atoms with Crippen LogP contribution in [0.25, 0.3) is 0 Å². The van der Waals surface area contributed by atoms with E-state index in [1.807, 2.05) is 0 Å². The van der Waals surface area contributed by atoms with Crippen LogP contribution in [0.5, 0.6) is 0 Å². The Morgan fingerprint density at radius 2 is 2.04 bits per heavy atom. The molecule has 0 fully saturated rings. The Labute approximate surface area is 151 Å². The molecule has 0 bridgehead atoms. The number of halogens is 1. The highest BCUT2D eigenvalue weighted by atomic mass is 35.5. The SMILES string of the molecule is C=CC(=O)OCCOC(=O)C1CCC=CC1(C)C(=O)OCC(O)CCl. The van der Waals surface area contributed by atoms with Gasteiger partial charge in [0, 0.05) is 6.08 Å². The first-order valence-corrected chi connectivity index (χ1v) is 8.43. The van der Waals surface area contributed by atoms with Crippen LogP contribution in [0.15, 0.2) is 24.8 Å². The number of esters is 3. The lowest BCUT2D eigenvalue weighted by molar-refractivity contribution is -0.168. The molecule has 0 spiro atoms. The van der Waals surface area contributed by atoms with E-state index >= 15 is 0 Å². The minimum absolute atomic E-state index is 0.0608. The van der Waals surface area contributed by atoms with Crippen molar-refractivity contribution in [2.24, 2.45) is 11.3 Å². The van der Waals surface area contributed by atoms with Gasteiger partial charge < -0.3 is 19.3 Å². The van der Waals surface area contributed by atoms with Crippen molar-refractivity contribution in [3.05, 3.63) is 24.8 Å². The topological polar surface area (TPSA) is 99.1 Å². The van der Waals surface area contributed by atoms with E-state index in [2.05, 4.69) is 6.58 Å². The van der Waals surface area contributed by atoms with Crippen molar-refractivity contribution in [2.75, 3.05) is 25.7 Å². The predicted molar refractivity (Wildman–Crippen MR) is 89.8 cm³/mol. The number of aliphatic hydroxyl groups excluding tert-OH is 1. The number of allylic oxidation sites excluding steroid dienone is 1. The number of carbonyl (C=O) groups is 3. The monoisotopic (exact) mass is 374 g/mol. The third kappa shape index (κ3) is 6.17. The molecule has 25 heavy (non-hydrogen) atoms. The molecule has 0 saturated carbocycles. The first kappa shape index (κ1) is 21.2. The van der Waals surface area contributed by atoms with Crippen molar-refractivity contribution >= 4 is 29.5 Å². The maximum absolute atomic E-state index is 12.4. The summed E-state index contributed by atoms with van der Waals surface area (Å²) in [5, 5.41) is 9.41. The highest BCUT2D eigenvalue weighted by Gasteiger charge is 2.46. The van der Waals surface area contributed by atoms with E-state index < -0.39 is 35.3 Å². The zero-order valence-corrected chi connectivity index (χ0v) is 14.9. The lowest BCUT2D eigenvalue weighted by Gasteiger charge is -2.34. The molecule has 140 valence electrons. The summed E-state index contributed by atoms with van der Waals surface area (Å²) in [6.07, 6.45) is 4.51. The van der Waals surface area contributed by atoms with E-state index in [9.17, 15) is 19.5 Å². The van der Waals surface area contributed by atoms with Gasteiger partial charge in [-0.1, -0.05) is 18.7 Å². The number of hydrogen-bond donors (Lipinski definition) is 1. The molecule has 7 nitrogen and oxygen atoms in total. The molecule has 0 radical (unpaired) electrons. The van der Waals surface area contributed by atoms with Gasteiger partial charge in [-0.2, -0.15) is 0 Å². The molecule has 1 aliphatic rings. The van der Waals surface area contributed by atoms with Crippen molar-refractivity contribution in [3.8, 4) is 0 Å². The fraction of sp³-hybridized carbons (Fsp3) is 0.588. The lowest BCUT2D eigenvalue weighted by Crippen LogP contribution is -2.43. The Hall–Kier alpha value is -1.86. The van der Waals surface area contributed by atoms with E-state index in [4.69, 9.17) is 25.8 Å². The molecule has 1 rings (SSSR count). The summed E-state index contributed by atoms with van der Waals surface area (Å²) < 4.78 is 14.9. The van der Waals surface area contributed by atoms with Crippen LogP contribution in [0.3, 0.4) is 0 Å². The van der Waals surface area contributed by atoms with Crippen LogP contribution >= 0.6 is 11.6 Å². The normalized spacial score (nSPS) is 23.4. The number of rotatable bonds is 9. The van der Waals surface area contributed by atoms with E-state index in [1.54, 1.807) is 19.1 Å². The molecule has 0 amide bonds. The molecule has 0 aromatic rings. The quantitative estimate of drug-likeness (QED) is 0.162. The van der Waals surface area contributed by atoms with E-state index in [1.165, 1.54) is 0 Å². The van der Waals surface area contributed by atoms with Crippen LogP contribution in [0, 0.1) is 11.3 Å². The Morgan fingerprint density at radius 3 is 2.68 bits per heavy atom. The third-order valence-electron chi connectivity index (χ3n) is 3.86. The van der Waals surface area contributed by atoms with Gasteiger partial charge in [-0.3, -0.25) is 9.59 Å². The van der Waals surface area contributed by atoms with E-state index in [-0.39, 0.29) is 25.7 Å². The maximum atomic E-state index is 12.4. The molecule has 0 heterocycles. The van der Waals surface area contributed by atoms with Crippen LogP contribution in [0.2, 0.25) is 0 Å². The van der Waals surface area contributed by atoms with Gasteiger partial charge in [-0.15, -0.1) is 11.6 Å². The first-order chi connectivity index (χ1) is 11.8. The fourth-order valence-corrected chi connectivity index (χ4v) is 2.49. The Kier molecular flexibility index (Phi) is 8.65. The average molecular weight is 375 g/mol. The molecule has 3 unspecified atom stereocenters. The second-order valence-corrected chi connectivity index (χ2v) is 6.07. The molecule has 0 aromatic heterocycles. The Morgan fingerprint density at radius 1 is 1.36 bits per heavy atom. The second-order valence-electron chi connectivity index (χ2n) is 5.76. The summed E-state index contributed by atoms with van der Waals surface area (Å²) in [5.41, 5.74) is -1.20. The van der Waals surface area contributed by atoms with Crippen molar-refractivity contribution in [3.63, 3.8) is 0 Å². The minimum atomic E-state index is -1.20. The Bertz CT molecular complexity index is 531. The zero-order valence-electron chi connectivity index (χ0n) is 14.1. The molecule has 1 aliphatic carbocycles. The van der Waals surface area contributed by atoms with Crippen molar-refractivity contribution in [2.45, 2.75) is 25.9 Å². The van der Waals surface area contributed by atoms with E-state index in [0.29, 0.717) is 12.8 Å². The van der Waals surface area contributed by atoms with Gasteiger partial charge in [0.15, 0.2) is 0 Å². The fourth-order valence-electron chi connectivity index (χ4n) is 2.40. The van der Waals surface area contributed by atoms with Gasteiger partial charge in [0.1, 0.15) is 25.9 Å². The predicted octanol–water partition coefficient (Wildman–Crippen LogP) is 1.37. The van der Waals surface area contributed by atoms with Crippen LogP contribution in [-0.2, 0) is 28.6 Å². The van der Waals surface area contributed by atoms with Crippen molar-refractivity contribution in [1.82, 2.24) is 0 Å². The summed E-state index contributed by atoms with van der Waals surface area (Å²) in [4.78, 5) is 35.7. The van der Waals surface area contributed by atoms with Gasteiger partial charge in [0.2, 0.25) is 0 Å². The average Bonchev–Trinajstić information content (AvgIpc) is 2.62.